The van der Waals surface area contributed by atoms with Crippen molar-refractivity contribution in [2.24, 2.45) is 0 Å². The first-order chi connectivity index (χ1) is 5.74. The van der Waals surface area contributed by atoms with Gasteiger partial charge in [-0.3, -0.25) is 0 Å². The molecule has 0 aliphatic carbocycles. The third kappa shape index (κ3) is 2.66. The molecular formula is C8H10BrClN2. The van der Waals surface area contributed by atoms with Crippen LogP contribution >= 0.6 is 27.5 Å². The van der Waals surface area contributed by atoms with Crippen molar-refractivity contribution >= 4 is 33.2 Å². The Balaban J connectivity index is 2.69. The topological polar surface area (TPSA) is 24.1 Å². The summed E-state index contributed by atoms with van der Waals surface area (Å²) in [6, 6.07) is 5.70. The summed E-state index contributed by atoms with van der Waals surface area (Å²) < 4.78 is 0.909. The van der Waals surface area contributed by atoms with E-state index in [0.717, 1.165) is 16.7 Å². The highest BCUT2D eigenvalue weighted by Crippen LogP contribution is 2.24. The minimum atomic E-state index is 0.706. The Morgan fingerprint density at radius 1 is 1.50 bits per heavy atom. The van der Waals surface area contributed by atoms with Crippen molar-refractivity contribution in [3.63, 3.8) is 0 Å². The van der Waals surface area contributed by atoms with E-state index in [9.17, 15) is 0 Å². The van der Waals surface area contributed by atoms with Gasteiger partial charge in [-0.05, 0) is 34.1 Å². The summed E-state index contributed by atoms with van der Waals surface area (Å²) in [7, 11) is 0. The normalized spacial score (nSPS) is 9.92. The fourth-order valence-corrected chi connectivity index (χ4v) is 1.19. The van der Waals surface area contributed by atoms with Gasteiger partial charge in [-0.15, -0.1) is 0 Å². The molecular weight excluding hydrogens is 239 g/mol. The van der Waals surface area contributed by atoms with Gasteiger partial charge in [-0.1, -0.05) is 18.5 Å². The summed E-state index contributed by atoms with van der Waals surface area (Å²) in [6.07, 6.45) is 0. The van der Waals surface area contributed by atoms with E-state index in [1.807, 2.05) is 25.1 Å². The van der Waals surface area contributed by atoms with E-state index in [1.165, 1.54) is 0 Å². The number of hydrogen-bond donors (Lipinski definition) is 2. The van der Waals surface area contributed by atoms with Crippen LogP contribution in [0, 0.1) is 0 Å². The molecule has 0 atom stereocenters. The third-order valence-corrected chi connectivity index (χ3v) is 2.56. The molecule has 0 radical (unpaired) electrons. The lowest BCUT2D eigenvalue weighted by Crippen LogP contribution is -2.20. The predicted molar refractivity (Wildman–Crippen MR) is 56.5 cm³/mol. The van der Waals surface area contributed by atoms with Crippen LogP contribution in [0.5, 0.6) is 0 Å². The Morgan fingerprint density at radius 3 is 2.83 bits per heavy atom. The van der Waals surface area contributed by atoms with Crippen LogP contribution in [0.25, 0.3) is 0 Å². The molecule has 0 aromatic heterocycles. The first-order valence-electron chi connectivity index (χ1n) is 3.68. The van der Waals surface area contributed by atoms with E-state index in [0.29, 0.717) is 5.02 Å². The van der Waals surface area contributed by atoms with Crippen molar-refractivity contribution in [3.05, 3.63) is 27.7 Å². The number of nitrogens with one attached hydrogen (secondary N) is 2. The highest BCUT2D eigenvalue weighted by molar-refractivity contribution is 9.10. The van der Waals surface area contributed by atoms with E-state index in [-0.39, 0.29) is 0 Å². The molecule has 0 fully saturated rings. The monoisotopic (exact) mass is 248 g/mol. The van der Waals surface area contributed by atoms with Crippen LogP contribution in [0.4, 0.5) is 5.69 Å². The van der Waals surface area contributed by atoms with Gasteiger partial charge >= 0.3 is 0 Å². The van der Waals surface area contributed by atoms with Crippen molar-refractivity contribution < 1.29 is 0 Å². The summed E-state index contributed by atoms with van der Waals surface area (Å²) in [5.74, 6) is 0. The predicted octanol–water partition coefficient (Wildman–Crippen LogP) is 3.04. The fourth-order valence-electron chi connectivity index (χ4n) is 0.764. The van der Waals surface area contributed by atoms with Crippen LogP contribution in [0.15, 0.2) is 22.7 Å². The van der Waals surface area contributed by atoms with Gasteiger partial charge in [0.1, 0.15) is 0 Å². The maximum atomic E-state index is 5.88. The van der Waals surface area contributed by atoms with Crippen molar-refractivity contribution in [2.75, 3.05) is 12.0 Å². The highest BCUT2D eigenvalue weighted by atomic mass is 79.9. The molecule has 0 saturated carbocycles. The SMILES string of the molecule is CCNNc1ccc(Br)c(Cl)c1. The Bertz CT molecular complexity index is 265. The largest absolute Gasteiger partial charge is 0.321 e. The number of hydrazine groups is 1. The second kappa shape index (κ2) is 4.70. The van der Waals surface area contributed by atoms with Crippen molar-refractivity contribution in [1.29, 1.82) is 0 Å². The van der Waals surface area contributed by atoms with Gasteiger partial charge in [-0.25, -0.2) is 5.43 Å². The molecule has 12 heavy (non-hydrogen) atoms. The Labute approximate surface area is 85.4 Å². The van der Waals surface area contributed by atoms with Crippen molar-refractivity contribution in [3.8, 4) is 0 Å². The lowest BCUT2D eigenvalue weighted by atomic mass is 10.3. The number of rotatable bonds is 3. The molecule has 1 aromatic rings. The smallest absolute Gasteiger partial charge is 0.0569 e. The zero-order valence-corrected chi connectivity index (χ0v) is 9.04. The van der Waals surface area contributed by atoms with Crippen LogP contribution in [-0.2, 0) is 0 Å². The zero-order valence-electron chi connectivity index (χ0n) is 6.70. The van der Waals surface area contributed by atoms with Gasteiger partial charge in [0.05, 0.1) is 10.7 Å². The molecule has 1 aromatic carbocycles. The van der Waals surface area contributed by atoms with Crippen molar-refractivity contribution in [1.82, 2.24) is 5.43 Å². The van der Waals surface area contributed by atoms with Crippen LogP contribution in [0.3, 0.4) is 0 Å². The van der Waals surface area contributed by atoms with E-state index in [1.54, 1.807) is 0 Å². The second-order valence-corrected chi connectivity index (χ2v) is 3.55. The lowest BCUT2D eigenvalue weighted by molar-refractivity contribution is 0.844. The molecule has 0 saturated heterocycles. The summed E-state index contributed by atoms with van der Waals surface area (Å²) in [4.78, 5) is 0. The molecule has 0 unspecified atom stereocenters. The molecule has 0 aliphatic heterocycles. The average Bonchev–Trinajstić information content (AvgIpc) is 2.07. The van der Waals surface area contributed by atoms with E-state index < -0.39 is 0 Å². The molecule has 1 rings (SSSR count). The zero-order chi connectivity index (χ0) is 8.97. The highest BCUT2D eigenvalue weighted by Gasteiger charge is 1.96. The lowest BCUT2D eigenvalue weighted by Gasteiger charge is -2.06. The summed E-state index contributed by atoms with van der Waals surface area (Å²) in [6.45, 7) is 2.89. The average molecular weight is 250 g/mol. The Kier molecular flexibility index (Phi) is 3.85. The van der Waals surface area contributed by atoms with Crippen LogP contribution < -0.4 is 10.9 Å². The molecule has 0 heterocycles. The molecule has 0 aliphatic rings. The van der Waals surface area contributed by atoms with Gasteiger partial charge in [0, 0.05) is 11.0 Å². The fraction of sp³-hybridized carbons (Fsp3) is 0.250. The molecule has 2 N–H and O–H groups in total. The minimum absolute atomic E-state index is 0.706. The van der Waals surface area contributed by atoms with Crippen LogP contribution in [0.2, 0.25) is 5.02 Å². The van der Waals surface area contributed by atoms with E-state index >= 15 is 0 Å². The molecule has 2 nitrogen and oxygen atoms in total. The van der Waals surface area contributed by atoms with E-state index in [4.69, 9.17) is 11.6 Å². The van der Waals surface area contributed by atoms with Gasteiger partial charge in [0.15, 0.2) is 0 Å². The van der Waals surface area contributed by atoms with Gasteiger partial charge in [-0.2, -0.15) is 0 Å². The van der Waals surface area contributed by atoms with Crippen molar-refractivity contribution in [2.45, 2.75) is 6.92 Å². The number of hydrogen-bond acceptors (Lipinski definition) is 2. The molecule has 0 spiro atoms. The summed E-state index contributed by atoms with van der Waals surface area (Å²) in [5, 5.41) is 0.706. The van der Waals surface area contributed by atoms with Gasteiger partial charge in [0.2, 0.25) is 0 Å². The molecule has 0 amide bonds. The van der Waals surface area contributed by atoms with E-state index in [2.05, 4.69) is 26.8 Å². The summed E-state index contributed by atoms with van der Waals surface area (Å²) >= 11 is 9.20. The quantitative estimate of drug-likeness (QED) is 0.805. The van der Waals surface area contributed by atoms with Crippen LogP contribution in [0.1, 0.15) is 6.92 Å². The van der Waals surface area contributed by atoms with Gasteiger partial charge < -0.3 is 5.43 Å². The standard InChI is InChI=1S/C8H10BrClN2/c1-2-11-12-6-3-4-7(9)8(10)5-6/h3-5,11-12H,2H2,1H3. The Morgan fingerprint density at radius 2 is 2.25 bits per heavy atom. The minimum Gasteiger partial charge on any atom is -0.321 e. The summed E-state index contributed by atoms with van der Waals surface area (Å²) in [5.41, 5.74) is 6.96. The van der Waals surface area contributed by atoms with Gasteiger partial charge in [0.25, 0.3) is 0 Å². The van der Waals surface area contributed by atoms with Crippen LogP contribution in [-0.4, -0.2) is 6.54 Å². The first-order valence-corrected chi connectivity index (χ1v) is 4.85. The second-order valence-electron chi connectivity index (χ2n) is 2.28. The molecule has 4 heteroatoms. The maximum Gasteiger partial charge on any atom is 0.0569 e. The number of benzene rings is 1. The molecule has 66 valence electrons. The Hall–Kier alpha value is -0.250. The number of anilines is 1. The third-order valence-electron chi connectivity index (χ3n) is 1.33. The number of halogens is 2. The first kappa shape index (κ1) is 9.84. The molecule has 0 bridgehead atoms. The maximum absolute atomic E-state index is 5.88.